The van der Waals surface area contributed by atoms with Gasteiger partial charge in [0.2, 0.25) is 0 Å². The van der Waals surface area contributed by atoms with Crippen molar-refractivity contribution in [1.29, 1.82) is 0 Å². The number of carboxylic acid groups (broad SMARTS) is 1. The zero-order chi connectivity index (χ0) is 17.4. The average molecular weight is 344 g/mol. The maximum atomic E-state index is 11.7. The minimum atomic E-state index is -0.861. The molecule has 0 amide bonds. The molecule has 0 unspecified atom stereocenters. The summed E-state index contributed by atoms with van der Waals surface area (Å²) in [6.07, 6.45) is 0.966. The number of anilines is 1. The van der Waals surface area contributed by atoms with Crippen molar-refractivity contribution in [3.8, 4) is 0 Å². The maximum Gasteiger partial charge on any atom is 0.336 e. The molecule has 2 aromatic rings. The molecule has 1 aliphatic heterocycles. The highest BCUT2D eigenvalue weighted by Gasteiger charge is 2.36. The van der Waals surface area contributed by atoms with E-state index in [9.17, 15) is 9.90 Å². The van der Waals surface area contributed by atoms with Gasteiger partial charge >= 0.3 is 5.97 Å². The topological polar surface area (TPSA) is 49.3 Å². The predicted molar refractivity (Wildman–Crippen MR) is 98.2 cm³/mol. The van der Waals surface area contributed by atoms with Gasteiger partial charge in [0.15, 0.2) is 0 Å². The van der Waals surface area contributed by atoms with E-state index in [0.29, 0.717) is 11.5 Å². The van der Waals surface area contributed by atoms with E-state index in [0.717, 1.165) is 28.3 Å². The van der Waals surface area contributed by atoms with E-state index in [-0.39, 0.29) is 12.0 Å². The highest BCUT2D eigenvalue weighted by Crippen LogP contribution is 2.48. The third-order valence-electron chi connectivity index (χ3n) is 5.21. The lowest BCUT2D eigenvalue weighted by molar-refractivity contribution is 0.0694. The van der Waals surface area contributed by atoms with Gasteiger partial charge in [0, 0.05) is 10.7 Å². The smallest absolute Gasteiger partial charge is 0.336 e. The molecule has 0 saturated heterocycles. The molecule has 0 bridgehead atoms. The van der Waals surface area contributed by atoms with Crippen LogP contribution in [-0.4, -0.2) is 11.1 Å². The molecule has 24 heavy (non-hydrogen) atoms. The first-order valence-electron chi connectivity index (χ1n) is 8.32. The number of nitrogens with one attached hydrogen (secondary N) is 1. The molecular weight excluding hydrogens is 322 g/mol. The molecule has 3 atom stereocenters. The Morgan fingerprint density at radius 2 is 1.88 bits per heavy atom. The lowest BCUT2D eigenvalue weighted by Gasteiger charge is -2.40. The molecule has 4 heteroatoms. The summed E-state index contributed by atoms with van der Waals surface area (Å²) >= 11 is 6.03. The van der Waals surface area contributed by atoms with Crippen LogP contribution in [0.5, 0.6) is 0 Å². The molecule has 2 aromatic carbocycles. The van der Waals surface area contributed by atoms with Crippen LogP contribution in [-0.2, 0) is 0 Å². The van der Waals surface area contributed by atoms with Gasteiger partial charge in [-0.1, -0.05) is 50.1 Å². The largest absolute Gasteiger partial charge is 0.478 e. The van der Waals surface area contributed by atoms with Crippen molar-refractivity contribution < 1.29 is 9.90 Å². The first kappa shape index (κ1) is 16.8. The zero-order valence-electron chi connectivity index (χ0n) is 14.1. The van der Waals surface area contributed by atoms with E-state index < -0.39 is 5.97 Å². The number of rotatable bonds is 3. The molecule has 0 spiro atoms. The van der Waals surface area contributed by atoms with Gasteiger partial charge in [0.05, 0.1) is 11.6 Å². The molecule has 3 rings (SSSR count). The van der Waals surface area contributed by atoms with Gasteiger partial charge in [-0.2, -0.15) is 0 Å². The lowest BCUT2D eigenvalue weighted by Crippen LogP contribution is -2.32. The molecule has 1 heterocycles. The second kappa shape index (κ2) is 6.48. The van der Waals surface area contributed by atoms with Crippen molar-refractivity contribution in [3.05, 3.63) is 63.7 Å². The van der Waals surface area contributed by atoms with Gasteiger partial charge < -0.3 is 10.4 Å². The fourth-order valence-electron chi connectivity index (χ4n) is 3.93. The first-order chi connectivity index (χ1) is 11.4. The summed E-state index contributed by atoms with van der Waals surface area (Å²) in [4.78, 5) is 11.7. The molecular formula is C20H22ClNO2. The van der Waals surface area contributed by atoms with Crippen LogP contribution in [0.25, 0.3) is 0 Å². The van der Waals surface area contributed by atoms with Crippen molar-refractivity contribution in [2.75, 3.05) is 5.32 Å². The summed E-state index contributed by atoms with van der Waals surface area (Å²) in [6.45, 7) is 6.32. The number of aryl methyl sites for hydroxylation is 1. The second-order valence-corrected chi connectivity index (χ2v) is 6.99. The molecule has 2 N–H and O–H groups in total. The highest BCUT2D eigenvalue weighted by atomic mass is 35.5. The van der Waals surface area contributed by atoms with Crippen LogP contribution < -0.4 is 5.32 Å². The van der Waals surface area contributed by atoms with Crippen molar-refractivity contribution in [3.63, 3.8) is 0 Å². The van der Waals surface area contributed by atoms with Crippen LogP contribution in [0.3, 0.4) is 0 Å². The Kier molecular flexibility index (Phi) is 4.55. The number of aromatic carboxylic acids is 1. The Labute approximate surface area is 147 Å². The van der Waals surface area contributed by atoms with E-state index in [2.05, 4.69) is 31.3 Å². The quantitative estimate of drug-likeness (QED) is 0.757. The van der Waals surface area contributed by atoms with Crippen LogP contribution in [0.4, 0.5) is 5.69 Å². The van der Waals surface area contributed by atoms with Crippen molar-refractivity contribution in [1.82, 2.24) is 0 Å². The van der Waals surface area contributed by atoms with Crippen LogP contribution in [0.15, 0.2) is 36.4 Å². The van der Waals surface area contributed by atoms with E-state index >= 15 is 0 Å². The summed E-state index contributed by atoms with van der Waals surface area (Å²) in [6, 6.07) is 11.7. The third kappa shape index (κ3) is 2.78. The second-order valence-electron chi connectivity index (χ2n) is 6.56. The van der Waals surface area contributed by atoms with Crippen molar-refractivity contribution in [2.24, 2.45) is 5.92 Å². The molecule has 0 fully saturated rings. The standard InChI is InChI=1S/C20H22ClNO2/c1-4-15-12(3)17-16(20(23)24)10-5-11(2)18(17)22-19(15)13-6-8-14(21)9-7-13/h5-10,12,15,19,22H,4H2,1-3H3,(H,23,24)/t12-,15+,19+/m1/s1. The Morgan fingerprint density at radius 3 is 2.46 bits per heavy atom. The Morgan fingerprint density at radius 1 is 1.21 bits per heavy atom. The molecule has 1 aliphatic rings. The monoisotopic (exact) mass is 343 g/mol. The normalized spacial score (nSPS) is 22.6. The van der Waals surface area contributed by atoms with Gasteiger partial charge in [0.25, 0.3) is 0 Å². The van der Waals surface area contributed by atoms with Crippen LogP contribution in [0.2, 0.25) is 5.02 Å². The Balaban J connectivity index is 2.13. The number of benzene rings is 2. The van der Waals surface area contributed by atoms with Crippen LogP contribution in [0, 0.1) is 12.8 Å². The summed E-state index contributed by atoms with van der Waals surface area (Å²) in [5, 5.41) is 13.9. The summed E-state index contributed by atoms with van der Waals surface area (Å²) in [5.41, 5.74) is 4.56. The molecule has 3 nitrogen and oxygen atoms in total. The van der Waals surface area contributed by atoms with Gasteiger partial charge in [-0.25, -0.2) is 4.79 Å². The van der Waals surface area contributed by atoms with E-state index in [1.807, 2.05) is 25.1 Å². The molecule has 0 saturated carbocycles. The molecule has 0 aliphatic carbocycles. The summed E-state index contributed by atoms with van der Waals surface area (Å²) < 4.78 is 0. The SMILES string of the molecule is CC[C@H]1[C@@H](C)c2c(C(=O)O)ccc(C)c2N[C@H]1c1ccc(Cl)cc1. The number of fused-ring (bicyclic) bond motifs is 1. The van der Waals surface area contributed by atoms with Crippen LogP contribution in [0.1, 0.15) is 59.3 Å². The first-order valence-corrected chi connectivity index (χ1v) is 8.70. The lowest BCUT2D eigenvalue weighted by atomic mass is 9.73. The van der Waals surface area contributed by atoms with E-state index in [1.165, 1.54) is 5.56 Å². The van der Waals surface area contributed by atoms with Gasteiger partial charge in [-0.15, -0.1) is 0 Å². The highest BCUT2D eigenvalue weighted by molar-refractivity contribution is 6.30. The van der Waals surface area contributed by atoms with Gasteiger partial charge in [0.1, 0.15) is 0 Å². The number of hydrogen-bond donors (Lipinski definition) is 2. The van der Waals surface area contributed by atoms with Gasteiger partial charge in [-0.05, 0) is 53.6 Å². The number of halogens is 1. The van der Waals surface area contributed by atoms with Crippen LogP contribution >= 0.6 is 11.6 Å². The third-order valence-corrected chi connectivity index (χ3v) is 5.46. The number of carboxylic acids is 1. The van der Waals surface area contributed by atoms with Gasteiger partial charge in [-0.3, -0.25) is 0 Å². The Bertz CT molecular complexity index is 770. The molecule has 0 radical (unpaired) electrons. The zero-order valence-corrected chi connectivity index (χ0v) is 14.9. The average Bonchev–Trinajstić information content (AvgIpc) is 2.56. The fraction of sp³-hybridized carbons (Fsp3) is 0.350. The minimum Gasteiger partial charge on any atom is -0.478 e. The summed E-state index contributed by atoms with van der Waals surface area (Å²) in [5.74, 6) is -0.379. The van der Waals surface area contributed by atoms with E-state index in [4.69, 9.17) is 11.6 Å². The molecule has 0 aromatic heterocycles. The maximum absolute atomic E-state index is 11.7. The van der Waals surface area contributed by atoms with Crippen molar-refractivity contribution in [2.45, 2.75) is 39.2 Å². The minimum absolute atomic E-state index is 0.150. The predicted octanol–water partition coefficient (Wildman–Crippen LogP) is 5.64. The summed E-state index contributed by atoms with van der Waals surface area (Å²) in [7, 11) is 0. The molecule has 126 valence electrons. The van der Waals surface area contributed by atoms with E-state index in [1.54, 1.807) is 6.07 Å². The number of hydrogen-bond acceptors (Lipinski definition) is 2. The Hall–Kier alpha value is -2.00. The fourth-order valence-corrected chi connectivity index (χ4v) is 4.06. The number of carbonyl (C=O) groups is 1. The van der Waals surface area contributed by atoms with Crippen molar-refractivity contribution >= 4 is 23.3 Å².